The zero-order valence-electron chi connectivity index (χ0n) is 8.80. The Balaban J connectivity index is 2.35. The second-order valence-electron chi connectivity index (χ2n) is 3.41. The molecule has 0 fully saturated rings. The topological polar surface area (TPSA) is 41.6 Å². The van der Waals surface area contributed by atoms with E-state index >= 15 is 0 Å². The van der Waals surface area contributed by atoms with E-state index in [-0.39, 0.29) is 6.54 Å². The van der Waals surface area contributed by atoms with Gasteiger partial charge in [-0.05, 0) is 17.2 Å². The molecule has 0 aliphatic rings. The van der Waals surface area contributed by atoms with Crippen LogP contribution in [0.3, 0.4) is 0 Å². The fourth-order valence-corrected chi connectivity index (χ4v) is 1.52. The standard InChI is InChI=1S/C13H11N3/c1-2-11-4-3-5-12(8-11)13-9-15-16(10-13)7-6-14/h2-5,8-10H,1,7H2. The van der Waals surface area contributed by atoms with Crippen molar-refractivity contribution in [3.8, 4) is 17.2 Å². The molecule has 2 aromatic rings. The molecule has 0 saturated heterocycles. The van der Waals surface area contributed by atoms with E-state index in [1.807, 2.05) is 36.5 Å². The maximum atomic E-state index is 8.56. The van der Waals surface area contributed by atoms with Gasteiger partial charge in [0.15, 0.2) is 0 Å². The molecule has 0 unspecified atom stereocenters. The highest BCUT2D eigenvalue weighted by molar-refractivity contribution is 5.65. The zero-order valence-corrected chi connectivity index (χ0v) is 8.80. The van der Waals surface area contributed by atoms with Gasteiger partial charge in [-0.15, -0.1) is 0 Å². The Morgan fingerprint density at radius 3 is 3.06 bits per heavy atom. The summed E-state index contributed by atoms with van der Waals surface area (Å²) in [5, 5.41) is 12.7. The monoisotopic (exact) mass is 209 g/mol. The average molecular weight is 209 g/mol. The highest BCUT2D eigenvalue weighted by Gasteiger charge is 2.01. The van der Waals surface area contributed by atoms with E-state index in [4.69, 9.17) is 5.26 Å². The van der Waals surface area contributed by atoms with Crippen molar-refractivity contribution in [2.75, 3.05) is 0 Å². The Morgan fingerprint density at radius 1 is 1.44 bits per heavy atom. The number of nitriles is 1. The van der Waals surface area contributed by atoms with Gasteiger partial charge in [-0.3, -0.25) is 4.68 Å². The summed E-state index contributed by atoms with van der Waals surface area (Å²) in [6.07, 6.45) is 5.44. The van der Waals surface area contributed by atoms with Gasteiger partial charge in [0.1, 0.15) is 6.54 Å². The lowest BCUT2D eigenvalue weighted by molar-refractivity contribution is 0.710. The van der Waals surface area contributed by atoms with E-state index in [0.29, 0.717) is 0 Å². The number of hydrogen-bond donors (Lipinski definition) is 0. The van der Waals surface area contributed by atoms with Crippen molar-refractivity contribution in [3.63, 3.8) is 0 Å². The van der Waals surface area contributed by atoms with Crippen molar-refractivity contribution >= 4 is 6.08 Å². The lowest BCUT2D eigenvalue weighted by atomic mass is 10.1. The van der Waals surface area contributed by atoms with Crippen LogP contribution >= 0.6 is 0 Å². The van der Waals surface area contributed by atoms with Crippen LogP contribution < -0.4 is 0 Å². The molecular formula is C13H11N3. The van der Waals surface area contributed by atoms with Crippen LogP contribution in [0.4, 0.5) is 0 Å². The van der Waals surface area contributed by atoms with Crippen molar-refractivity contribution in [1.82, 2.24) is 9.78 Å². The predicted octanol–water partition coefficient (Wildman–Crippen LogP) is 2.72. The SMILES string of the molecule is C=Cc1cccc(-c2cnn(CC#N)c2)c1. The first-order valence-electron chi connectivity index (χ1n) is 4.96. The third kappa shape index (κ3) is 2.01. The molecule has 0 N–H and O–H groups in total. The molecule has 0 saturated carbocycles. The molecule has 0 atom stereocenters. The van der Waals surface area contributed by atoms with Crippen LogP contribution in [0.1, 0.15) is 5.56 Å². The molecule has 0 spiro atoms. The van der Waals surface area contributed by atoms with Crippen molar-refractivity contribution < 1.29 is 0 Å². The van der Waals surface area contributed by atoms with Crippen LogP contribution in [-0.2, 0) is 6.54 Å². The summed E-state index contributed by atoms with van der Waals surface area (Å²) in [4.78, 5) is 0. The molecule has 2 rings (SSSR count). The van der Waals surface area contributed by atoms with E-state index in [9.17, 15) is 0 Å². The third-order valence-corrected chi connectivity index (χ3v) is 2.32. The molecule has 0 bridgehead atoms. The first kappa shape index (κ1) is 10.2. The number of hydrogen-bond acceptors (Lipinski definition) is 2. The van der Waals surface area contributed by atoms with Crippen LogP contribution in [0.5, 0.6) is 0 Å². The normalized spacial score (nSPS) is 9.69. The lowest BCUT2D eigenvalue weighted by Crippen LogP contribution is -1.93. The van der Waals surface area contributed by atoms with Gasteiger partial charge < -0.3 is 0 Å². The van der Waals surface area contributed by atoms with Gasteiger partial charge in [0.25, 0.3) is 0 Å². The molecule has 0 aliphatic heterocycles. The fraction of sp³-hybridized carbons (Fsp3) is 0.0769. The summed E-state index contributed by atoms with van der Waals surface area (Å²) in [5.74, 6) is 0. The fourth-order valence-electron chi connectivity index (χ4n) is 1.52. The summed E-state index contributed by atoms with van der Waals surface area (Å²) in [6, 6.07) is 10.1. The molecule has 0 amide bonds. The highest BCUT2D eigenvalue weighted by atomic mass is 15.3. The minimum absolute atomic E-state index is 0.279. The largest absolute Gasteiger partial charge is 0.258 e. The van der Waals surface area contributed by atoms with Crippen molar-refractivity contribution in [2.45, 2.75) is 6.54 Å². The molecule has 3 nitrogen and oxygen atoms in total. The Kier molecular flexibility index (Phi) is 2.84. The first-order chi connectivity index (χ1) is 7.83. The quantitative estimate of drug-likeness (QED) is 0.779. The van der Waals surface area contributed by atoms with Crippen LogP contribution in [0.15, 0.2) is 43.2 Å². The summed E-state index contributed by atoms with van der Waals surface area (Å²) in [7, 11) is 0. The number of benzene rings is 1. The zero-order chi connectivity index (χ0) is 11.4. The molecular weight excluding hydrogens is 198 g/mol. The summed E-state index contributed by atoms with van der Waals surface area (Å²) < 4.78 is 1.62. The van der Waals surface area contributed by atoms with E-state index in [1.54, 1.807) is 10.9 Å². The number of nitrogens with zero attached hydrogens (tertiary/aromatic N) is 3. The molecule has 3 heteroatoms. The molecule has 16 heavy (non-hydrogen) atoms. The lowest BCUT2D eigenvalue weighted by Gasteiger charge is -1.98. The van der Waals surface area contributed by atoms with Crippen LogP contribution in [0.25, 0.3) is 17.2 Å². The molecule has 1 aromatic carbocycles. The number of rotatable bonds is 3. The maximum absolute atomic E-state index is 8.56. The average Bonchev–Trinajstić information content (AvgIpc) is 2.78. The Morgan fingerprint density at radius 2 is 2.31 bits per heavy atom. The minimum atomic E-state index is 0.279. The van der Waals surface area contributed by atoms with Crippen molar-refractivity contribution in [1.29, 1.82) is 5.26 Å². The molecule has 0 aliphatic carbocycles. The Bertz CT molecular complexity index is 546. The van der Waals surface area contributed by atoms with E-state index in [0.717, 1.165) is 16.7 Å². The van der Waals surface area contributed by atoms with Crippen molar-refractivity contribution in [2.24, 2.45) is 0 Å². The number of aromatic nitrogens is 2. The molecule has 78 valence electrons. The third-order valence-electron chi connectivity index (χ3n) is 2.32. The second kappa shape index (κ2) is 4.45. The van der Waals surface area contributed by atoms with E-state index in [1.165, 1.54) is 0 Å². The summed E-state index contributed by atoms with van der Waals surface area (Å²) in [5.41, 5.74) is 3.17. The molecule has 1 aromatic heterocycles. The second-order valence-corrected chi connectivity index (χ2v) is 3.41. The highest BCUT2D eigenvalue weighted by Crippen LogP contribution is 2.20. The van der Waals surface area contributed by atoms with Gasteiger partial charge in [-0.1, -0.05) is 30.9 Å². The summed E-state index contributed by atoms with van der Waals surface area (Å²) in [6.45, 7) is 4.02. The van der Waals surface area contributed by atoms with Crippen LogP contribution in [0.2, 0.25) is 0 Å². The Labute approximate surface area is 94.3 Å². The van der Waals surface area contributed by atoms with Gasteiger partial charge in [0.05, 0.1) is 12.3 Å². The maximum Gasteiger partial charge on any atom is 0.128 e. The van der Waals surface area contributed by atoms with Crippen LogP contribution in [-0.4, -0.2) is 9.78 Å². The molecule has 1 heterocycles. The van der Waals surface area contributed by atoms with E-state index < -0.39 is 0 Å². The molecule has 0 radical (unpaired) electrons. The minimum Gasteiger partial charge on any atom is -0.258 e. The van der Waals surface area contributed by atoms with Gasteiger partial charge >= 0.3 is 0 Å². The van der Waals surface area contributed by atoms with Crippen molar-refractivity contribution in [3.05, 3.63) is 48.8 Å². The van der Waals surface area contributed by atoms with Gasteiger partial charge in [0.2, 0.25) is 0 Å². The van der Waals surface area contributed by atoms with Gasteiger partial charge in [-0.2, -0.15) is 10.4 Å². The van der Waals surface area contributed by atoms with Crippen LogP contribution in [0, 0.1) is 11.3 Å². The Hall–Kier alpha value is -2.34. The van der Waals surface area contributed by atoms with Gasteiger partial charge in [0, 0.05) is 11.8 Å². The van der Waals surface area contributed by atoms with E-state index in [2.05, 4.69) is 17.7 Å². The first-order valence-corrected chi connectivity index (χ1v) is 4.96. The van der Waals surface area contributed by atoms with Gasteiger partial charge in [-0.25, -0.2) is 0 Å². The predicted molar refractivity (Wildman–Crippen MR) is 63.4 cm³/mol. The smallest absolute Gasteiger partial charge is 0.128 e. The summed E-state index contributed by atoms with van der Waals surface area (Å²) >= 11 is 0.